The summed E-state index contributed by atoms with van der Waals surface area (Å²) in [5, 5.41) is 14.4. The van der Waals surface area contributed by atoms with Gasteiger partial charge < -0.3 is 5.32 Å². The molecule has 1 fully saturated rings. The van der Waals surface area contributed by atoms with Crippen LogP contribution in [0.2, 0.25) is 5.02 Å². The third-order valence-corrected chi connectivity index (χ3v) is 3.60. The summed E-state index contributed by atoms with van der Waals surface area (Å²) in [7, 11) is 0. The number of rotatable bonds is 4. The Morgan fingerprint density at radius 1 is 1.38 bits per heavy atom. The number of nitrogens with zero attached hydrogens (tertiary/aromatic N) is 2. The van der Waals surface area contributed by atoms with E-state index in [-0.39, 0.29) is 41.6 Å². The van der Waals surface area contributed by atoms with E-state index in [1.54, 1.807) is 6.07 Å². The van der Waals surface area contributed by atoms with Crippen molar-refractivity contribution in [1.82, 2.24) is 10.2 Å². The quantitative estimate of drug-likeness (QED) is 0.512. The van der Waals surface area contributed by atoms with Gasteiger partial charge in [0.1, 0.15) is 5.02 Å². The zero-order chi connectivity index (χ0) is 13.8. The standard InChI is InChI=1S/C13H16ClN3O2.2ClH/c1-2-12(16-7-5-15-6-8-16)10-3-4-11(14)13(9-10)17(18)19;;/h2-4,9,12,15H,1,5-8H2;2*1H/t12-;;/m1../s1. The highest BCUT2D eigenvalue weighted by atomic mass is 35.5. The number of halogens is 3. The Morgan fingerprint density at radius 3 is 2.52 bits per heavy atom. The molecule has 0 aliphatic carbocycles. The molecule has 21 heavy (non-hydrogen) atoms. The first-order valence-electron chi connectivity index (χ1n) is 6.14. The molecule has 0 aromatic heterocycles. The molecule has 0 saturated carbocycles. The molecule has 0 spiro atoms. The summed E-state index contributed by atoms with van der Waals surface area (Å²) in [6, 6.07) is 4.92. The van der Waals surface area contributed by atoms with Gasteiger partial charge >= 0.3 is 0 Å². The second-order valence-corrected chi connectivity index (χ2v) is 4.84. The molecule has 2 rings (SSSR count). The Labute approximate surface area is 141 Å². The van der Waals surface area contributed by atoms with Crippen molar-refractivity contribution < 1.29 is 4.92 Å². The molecule has 118 valence electrons. The first-order valence-corrected chi connectivity index (χ1v) is 6.52. The molecular weight excluding hydrogens is 337 g/mol. The van der Waals surface area contributed by atoms with Gasteiger partial charge in [0.05, 0.1) is 11.0 Å². The lowest BCUT2D eigenvalue weighted by molar-refractivity contribution is -0.384. The van der Waals surface area contributed by atoms with Crippen molar-refractivity contribution in [1.29, 1.82) is 0 Å². The van der Waals surface area contributed by atoms with Crippen molar-refractivity contribution in [2.24, 2.45) is 0 Å². The van der Waals surface area contributed by atoms with Gasteiger partial charge in [-0.25, -0.2) is 0 Å². The van der Waals surface area contributed by atoms with E-state index in [2.05, 4.69) is 16.8 Å². The van der Waals surface area contributed by atoms with Crippen LogP contribution >= 0.6 is 36.4 Å². The number of hydrogen-bond acceptors (Lipinski definition) is 4. The zero-order valence-electron chi connectivity index (χ0n) is 11.3. The van der Waals surface area contributed by atoms with Crippen LogP contribution in [0.5, 0.6) is 0 Å². The molecule has 0 radical (unpaired) electrons. The van der Waals surface area contributed by atoms with Gasteiger partial charge in [-0.3, -0.25) is 15.0 Å². The van der Waals surface area contributed by atoms with Crippen LogP contribution in [0.1, 0.15) is 11.6 Å². The van der Waals surface area contributed by atoms with Crippen LogP contribution in [0.15, 0.2) is 30.9 Å². The predicted octanol–water partition coefficient (Wildman–Crippen LogP) is 3.22. The minimum atomic E-state index is -0.455. The molecule has 8 heteroatoms. The lowest BCUT2D eigenvalue weighted by Crippen LogP contribution is -2.44. The molecule has 5 nitrogen and oxygen atoms in total. The van der Waals surface area contributed by atoms with Crippen LogP contribution in [-0.2, 0) is 0 Å². The zero-order valence-corrected chi connectivity index (χ0v) is 13.7. The summed E-state index contributed by atoms with van der Waals surface area (Å²) in [5.41, 5.74) is 0.800. The van der Waals surface area contributed by atoms with E-state index in [9.17, 15) is 10.1 Å². The topological polar surface area (TPSA) is 58.4 Å². The molecule has 1 aromatic rings. The molecule has 0 amide bonds. The molecule has 1 aromatic carbocycles. The summed E-state index contributed by atoms with van der Waals surface area (Å²) in [5.74, 6) is 0. The molecule has 0 bridgehead atoms. The Kier molecular flexibility index (Phi) is 8.85. The fourth-order valence-corrected chi connectivity index (χ4v) is 2.50. The van der Waals surface area contributed by atoms with E-state index >= 15 is 0 Å². The minimum Gasteiger partial charge on any atom is -0.314 e. The summed E-state index contributed by atoms with van der Waals surface area (Å²) in [6.45, 7) is 7.47. The highest BCUT2D eigenvalue weighted by Crippen LogP contribution is 2.30. The van der Waals surface area contributed by atoms with Crippen molar-refractivity contribution in [3.05, 3.63) is 51.6 Å². The van der Waals surface area contributed by atoms with Crippen LogP contribution in [0.25, 0.3) is 0 Å². The van der Waals surface area contributed by atoms with E-state index < -0.39 is 4.92 Å². The SMILES string of the molecule is C=C[C@H](c1ccc(Cl)c([N+](=O)[O-])c1)N1CCNCC1.Cl.Cl. The Hall–Kier alpha value is -0.850. The predicted molar refractivity (Wildman–Crippen MR) is 90.0 cm³/mol. The maximum absolute atomic E-state index is 10.9. The van der Waals surface area contributed by atoms with Crippen molar-refractivity contribution in [2.75, 3.05) is 26.2 Å². The number of piperazine rings is 1. The van der Waals surface area contributed by atoms with Gasteiger partial charge in [-0.2, -0.15) is 0 Å². The van der Waals surface area contributed by atoms with Gasteiger partial charge in [0.15, 0.2) is 0 Å². The highest BCUT2D eigenvalue weighted by Gasteiger charge is 2.22. The van der Waals surface area contributed by atoms with E-state index in [1.807, 2.05) is 12.1 Å². The fourth-order valence-electron chi connectivity index (χ4n) is 2.31. The highest BCUT2D eigenvalue weighted by molar-refractivity contribution is 6.32. The number of nitro groups is 1. The van der Waals surface area contributed by atoms with Crippen LogP contribution < -0.4 is 5.32 Å². The number of benzene rings is 1. The normalized spacial score (nSPS) is 16.2. The van der Waals surface area contributed by atoms with Crippen molar-refractivity contribution >= 4 is 42.1 Å². The number of nitrogens with one attached hydrogen (secondary N) is 1. The van der Waals surface area contributed by atoms with Gasteiger partial charge in [0.2, 0.25) is 0 Å². The summed E-state index contributed by atoms with van der Waals surface area (Å²) in [6.07, 6.45) is 1.82. The Balaban J connectivity index is 0.00000200. The van der Waals surface area contributed by atoms with Gasteiger partial charge in [-0.05, 0) is 11.6 Å². The monoisotopic (exact) mass is 353 g/mol. The third kappa shape index (κ3) is 4.83. The lowest BCUT2D eigenvalue weighted by atomic mass is 10.0. The average Bonchev–Trinajstić information content (AvgIpc) is 2.42. The van der Waals surface area contributed by atoms with E-state index in [0.717, 1.165) is 31.7 Å². The van der Waals surface area contributed by atoms with Crippen LogP contribution in [0.3, 0.4) is 0 Å². The summed E-state index contributed by atoms with van der Waals surface area (Å²) in [4.78, 5) is 12.7. The lowest BCUT2D eigenvalue weighted by Gasteiger charge is -2.33. The van der Waals surface area contributed by atoms with Gasteiger partial charge in [0.25, 0.3) is 5.69 Å². The molecule has 1 heterocycles. The molecule has 1 saturated heterocycles. The molecule has 1 N–H and O–H groups in total. The number of hydrogen-bond donors (Lipinski definition) is 1. The van der Waals surface area contributed by atoms with Gasteiger partial charge in [-0.15, -0.1) is 31.4 Å². The van der Waals surface area contributed by atoms with Crippen molar-refractivity contribution in [3.63, 3.8) is 0 Å². The minimum absolute atomic E-state index is 0. The largest absolute Gasteiger partial charge is 0.314 e. The smallest absolute Gasteiger partial charge is 0.288 e. The van der Waals surface area contributed by atoms with E-state index in [1.165, 1.54) is 6.07 Å². The van der Waals surface area contributed by atoms with Crippen molar-refractivity contribution in [3.8, 4) is 0 Å². The Bertz CT molecular complexity index is 494. The van der Waals surface area contributed by atoms with Crippen LogP contribution in [-0.4, -0.2) is 36.0 Å². The third-order valence-electron chi connectivity index (χ3n) is 3.28. The second-order valence-electron chi connectivity index (χ2n) is 4.43. The molecule has 0 unspecified atom stereocenters. The van der Waals surface area contributed by atoms with Crippen molar-refractivity contribution in [2.45, 2.75) is 6.04 Å². The first kappa shape index (κ1) is 20.1. The maximum atomic E-state index is 10.9. The van der Waals surface area contributed by atoms with E-state index in [0.29, 0.717) is 0 Å². The Morgan fingerprint density at radius 2 is 2.00 bits per heavy atom. The summed E-state index contributed by atoms with van der Waals surface area (Å²) >= 11 is 5.83. The first-order chi connectivity index (χ1) is 9.13. The fraction of sp³-hybridized carbons (Fsp3) is 0.385. The van der Waals surface area contributed by atoms with Crippen LogP contribution in [0.4, 0.5) is 5.69 Å². The molecular formula is C13H18Cl3N3O2. The van der Waals surface area contributed by atoms with Crippen LogP contribution in [0, 0.1) is 10.1 Å². The molecule has 1 aliphatic rings. The number of nitro benzene ring substituents is 1. The molecule has 1 aliphatic heterocycles. The molecule has 1 atom stereocenters. The van der Waals surface area contributed by atoms with Gasteiger partial charge in [0, 0.05) is 32.2 Å². The summed E-state index contributed by atoms with van der Waals surface area (Å²) < 4.78 is 0. The van der Waals surface area contributed by atoms with Gasteiger partial charge in [-0.1, -0.05) is 23.7 Å². The second kappa shape index (κ2) is 9.23. The van der Waals surface area contributed by atoms with E-state index in [4.69, 9.17) is 11.6 Å². The average molecular weight is 355 g/mol. The maximum Gasteiger partial charge on any atom is 0.288 e.